The van der Waals surface area contributed by atoms with Crippen molar-refractivity contribution in [3.63, 3.8) is 0 Å². The Bertz CT molecular complexity index is 557. The molecule has 1 rings (SSSR count). The fourth-order valence-corrected chi connectivity index (χ4v) is 1.44. The molecule has 0 aliphatic rings. The van der Waals surface area contributed by atoms with Crippen molar-refractivity contribution in [3.05, 3.63) is 85.3 Å². The second-order valence-electron chi connectivity index (χ2n) is 4.03. The van der Waals surface area contributed by atoms with E-state index < -0.39 is 0 Å². The van der Waals surface area contributed by atoms with Crippen molar-refractivity contribution < 1.29 is 0 Å². The van der Waals surface area contributed by atoms with Crippen molar-refractivity contribution in [1.29, 1.82) is 0 Å². The monoisotopic (exact) mass is 250 g/mol. The molecule has 2 nitrogen and oxygen atoms in total. The molecule has 0 aliphatic heterocycles. The molecule has 0 fully saturated rings. The molecule has 0 saturated heterocycles. The van der Waals surface area contributed by atoms with E-state index in [-0.39, 0.29) is 0 Å². The van der Waals surface area contributed by atoms with Crippen molar-refractivity contribution in [2.75, 3.05) is 0 Å². The van der Waals surface area contributed by atoms with Gasteiger partial charge in [0.2, 0.25) is 0 Å². The minimum absolute atomic E-state index is 0.508. The molecular weight excluding hydrogens is 232 g/mol. The standard InChI is InChI=1S/C17H18N2/c1-13(5-6-15(3)18)16-7-9-17(10-8-16)14(2)11-12-19-4/h5-12H,1-4,18H2/b6-5-,12-11-. The molecule has 0 radical (unpaired) electrons. The molecule has 2 N–H and O–H groups in total. The molecular formula is C17H18N2. The average molecular weight is 250 g/mol. The van der Waals surface area contributed by atoms with Crippen LogP contribution < -0.4 is 5.73 Å². The lowest BCUT2D eigenvalue weighted by Crippen LogP contribution is -1.89. The minimum Gasteiger partial charge on any atom is -0.399 e. The second kappa shape index (κ2) is 6.97. The number of nitrogens with zero attached hydrogens (tertiary/aromatic N) is 1. The molecule has 0 atom stereocenters. The molecule has 1 aromatic carbocycles. The van der Waals surface area contributed by atoms with Crippen LogP contribution in [0.4, 0.5) is 0 Å². The van der Waals surface area contributed by atoms with Gasteiger partial charge in [-0.1, -0.05) is 50.1 Å². The van der Waals surface area contributed by atoms with Gasteiger partial charge in [0.05, 0.1) is 0 Å². The van der Waals surface area contributed by atoms with Gasteiger partial charge in [0.25, 0.3) is 0 Å². The lowest BCUT2D eigenvalue weighted by molar-refractivity contribution is 1.45. The molecule has 0 aliphatic carbocycles. The molecule has 1 aromatic rings. The van der Waals surface area contributed by atoms with E-state index in [1.165, 1.54) is 0 Å². The molecule has 96 valence electrons. The zero-order chi connectivity index (χ0) is 14.3. The summed E-state index contributed by atoms with van der Waals surface area (Å²) < 4.78 is 0. The zero-order valence-corrected chi connectivity index (χ0v) is 11.0. The summed E-state index contributed by atoms with van der Waals surface area (Å²) in [5.41, 5.74) is 9.81. The summed E-state index contributed by atoms with van der Waals surface area (Å²) >= 11 is 0. The first-order valence-corrected chi connectivity index (χ1v) is 5.78. The molecule has 2 heteroatoms. The van der Waals surface area contributed by atoms with E-state index in [1.54, 1.807) is 12.3 Å². The van der Waals surface area contributed by atoms with E-state index in [0.29, 0.717) is 5.70 Å². The van der Waals surface area contributed by atoms with E-state index in [0.717, 1.165) is 22.3 Å². The van der Waals surface area contributed by atoms with Gasteiger partial charge >= 0.3 is 0 Å². The van der Waals surface area contributed by atoms with Crippen LogP contribution in [0.1, 0.15) is 11.1 Å². The molecule has 19 heavy (non-hydrogen) atoms. The van der Waals surface area contributed by atoms with Crippen LogP contribution in [0, 0.1) is 0 Å². The lowest BCUT2D eigenvalue weighted by Gasteiger charge is -2.04. The summed E-state index contributed by atoms with van der Waals surface area (Å²) in [7, 11) is 0. The predicted octanol–water partition coefficient (Wildman–Crippen LogP) is 3.96. The Morgan fingerprint density at radius 2 is 1.37 bits per heavy atom. The van der Waals surface area contributed by atoms with Gasteiger partial charge in [0.15, 0.2) is 0 Å². The van der Waals surface area contributed by atoms with Crippen molar-refractivity contribution in [2.45, 2.75) is 0 Å². The molecule has 0 spiro atoms. The van der Waals surface area contributed by atoms with Gasteiger partial charge in [-0.15, -0.1) is 0 Å². The van der Waals surface area contributed by atoms with Crippen molar-refractivity contribution in [1.82, 2.24) is 0 Å². The third-order valence-corrected chi connectivity index (χ3v) is 2.51. The number of hydrogen-bond donors (Lipinski definition) is 1. The minimum atomic E-state index is 0.508. The van der Waals surface area contributed by atoms with Crippen LogP contribution >= 0.6 is 0 Å². The normalized spacial score (nSPS) is 10.7. The number of aliphatic imine (C=N–C) groups is 1. The van der Waals surface area contributed by atoms with Gasteiger partial charge in [-0.3, -0.25) is 4.99 Å². The highest BCUT2D eigenvalue weighted by Crippen LogP contribution is 2.19. The van der Waals surface area contributed by atoms with Crippen molar-refractivity contribution in [2.24, 2.45) is 10.7 Å². The fourth-order valence-electron chi connectivity index (χ4n) is 1.44. The highest BCUT2D eigenvalue weighted by atomic mass is 14.6. The van der Waals surface area contributed by atoms with Gasteiger partial charge in [-0.2, -0.15) is 0 Å². The smallest absolute Gasteiger partial charge is 0.0266 e. The Morgan fingerprint density at radius 1 is 0.895 bits per heavy atom. The molecule has 0 bridgehead atoms. The SMILES string of the molecule is C=N/C=C\C(=C)c1ccc(C(=C)/C=C\C(=C)N)cc1. The fraction of sp³-hybridized carbons (Fsp3) is 0. The Morgan fingerprint density at radius 3 is 1.79 bits per heavy atom. The highest BCUT2D eigenvalue weighted by molar-refractivity contribution is 5.76. The topological polar surface area (TPSA) is 38.4 Å². The van der Waals surface area contributed by atoms with Crippen molar-refractivity contribution in [3.8, 4) is 0 Å². The summed E-state index contributed by atoms with van der Waals surface area (Å²) in [5, 5.41) is 0. The van der Waals surface area contributed by atoms with E-state index in [9.17, 15) is 0 Å². The predicted molar refractivity (Wildman–Crippen MR) is 85.7 cm³/mol. The van der Waals surface area contributed by atoms with Gasteiger partial charge in [-0.25, -0.2) is 0 Å². The number of allylic oxidation sites excluding steroid dienone is 5. The number of nitrogens with two attached hydrogens (primary N) is 1. The summed E-state index contributed by atoms with van der Waals surface area (Å²) in [5.74, 6) is 0. The van der Waals surface area contributed by atoms with Crippen LogP contribution in [-0.2, 0) is 0 Å². The van der Waals surface area contributed by atoms with Gasteiger partial charge in [0, 0.05) is 11.9 Å². The molecule has 0 unspecified atom stereocenters. The summed E-state index contributed by atoms with van der Waals surface area (Å²) in [6.07, 6.45) is 7.00. The number of hydrogen-bond acceptors (Lipinski definition) is 2. The van der Waals surface area contributed by atoms with Crippen LogP contribution in [0.25, 0.3) is 11.1 Å². The zero-order valence-electron chi connectivity index (χ0n) is 11.0. The Hall–Kier alpha value is -2.61. The second-order valence-corrected chi connectivity index (χ2v) is 4.03. The Balaban J connectivity index is 2.84. The number of benzene rings is 1. The van der Waals surface area contributed by atoms with E-state index in [2.05, 4.69) is 31.4 Å². The molecule has 0 heterocycles. The van der Waals surface area contributed by atoms with Crippen molar-refractivity contribution >= 4 is 17.9 Å². The first kappa shape index (κ1) is 14.5. The quantitative estimate of drug-likeness (QED) is 0.602. The summed E-state index contributed by atoms with van der Waals surface area (Å²) in [4.78, 5) is 3.65. The van der Waals surface area contributed by atoms with Crippen LogP contribution in [0.15, 0.2) is 79.1 Å². The maximum atomic E-state index is 5.47. The maximum absolute atomic E-state index is 5.47. The van der Waals surface area contributed by atoms with Crippen LogP contribution in [0.2, 0.25) is 0 Å². The van der Waals surface area contributed by atoms with E-state index in [4.69, 9.17) is 5.73 Å². The highest BCUT2D eigenvalue weighted by Gasteiger charge is 1.98. The summed E-state index contributed by atoms with van der Waals surface area (Å²) in [6, 6.07) is 7.95. The Kier molecular flexibility index (Phi) is 5.30. The van der Waals surface area contributed by atoms with Crippen LogP contribution in [0.3, 0.4) is 0 Å². The van der Waals surface area contributed by atoms with E-state index >= 15 is 0 Å². The van der Waals surface area contributed by atoms with E-state index in [1.807, 2.05) is 36.4 Å². The first-order chi connectivity index (χ1) is 9.04. The largest absolute Gasteiger partial charge is 0.399 e. The molecule has 0 aromatic heterocycles. The third kappa shape index (κ3) is 4.64. The summed E-state index contributed by atoms with van der Waals surface area (Å²) in [6.45, 7) is 14.9. The first-order valence-electron chi connectivity index (χ1n) is 5.78. The van der Waals surface area contributed by atoms with Crippen LogP contribution in [-0.4, -0.2) is 6.72 Å². The number of rotatable bonds is 6. The van der Waals surface area contributed by atoms with Crippen LogP contribution in [0.5, 0.6) is 0 Å². The Labute approximate surface area is 114 Å². The molecule has 0 saturated carbocycles. The molecule has 0 amide bonds. The van der Waals surface area contributed by atoms with Gasteiger partial charge in [0.1, 0.15) is 0 Å². The lowest BCUT2D eigenvalue weighted by atomic mass is 10.0. The van der Waals surface area contributed by atoms with Gasteiger partial charge in [-0.05, 0) is 41.1 Å². The third-order valence-electron chi connectivity index (χ3n) is 2.51. The maximum Gasteiger partial charge on any atom is 0.0266 e. The average Bonchev–Trinajstić information content (AvgIpc) is 2.42. The van der Waals surface area contributed by atoms with Gasteiger partial charge < -0.3 is 5.73 Å².